The van der Waals surface area contributed by atoms with Gasteiger partial charge in [0.05, 0.1) is 12.7 Å². The molecule has 3 nitrogen and oxygen atoms in total. The lowest BCUT2D eigenvalue weighted by Gasteiger charge is -2.31. The monoisotopic (exact) mass is 187 g/mol. The van der Waals surface area contributed by atoms with Gasteiger partial charge in [-0.1, -0.05) is 0 Å². The van der Waals surface area contributed by atoms with Crippen molar-refractivity contribution in [3.8, 4) is 0 Å². The van der Waals surface area contributed by atoms with Crippen LogP contribution in [0.5, 0.6) is 0 Å². The van der Waals surface area contributed by atoms with Crippen LogP contribution in [0, 0.1) is 0 Å². The van der Waals surface area contributed by atoms with E-state index in [4.69, 9.17) is 9.84 Å². The summed E-state index contributed by atoms with van der Waals surface area (Å²) in [4.78, 5) is 2.30. The third kappa shape index (κ3) is 4.07. The summed E-state index contributed by atoms with van der Waals surface area (Å²) in [5.74, 6) is 0. The molecule has 1 rings (SSSR count). The van der Waals surface area contributed by atoms with Crippen LogP contribution in [0.4, 0.5) is 0 Å². The summed E-state index contributed by atoms with van der Waals surface area (Å²) < 4.78 is 5.41. The number of aliphatic hydroxyl groups is 1. The van der Waals surface area contributed by atoms with Gasteiger partial charge in [-0.15, -0.1) is 0 Å². The second-order valence-electron chi connectivity index (χ2n) is 3.99. The average Bonchev–Trinajstić information content (AvgIpc) is 2.15. The van der Waals surface area contributed by atoms with E-state index < -0.39 is 0 Å². The number of likely N-dealkylation sites (N-methyl/N-ethyl adjacent to an activating group) is 1. The topological polar surface area (TPSA) is 32.7 Å². The molecule has 1 heterocycles. The molecule has 0 saturated carbocycles. The summed E-state index contributed by atoms with van der Waals surface area (Å²) in [5.41, 5.74) is 0. The average molecular weight is 187 g/mol. The summed E-state index contributed by atoms with van der Waals surface area (Å²) in [7, 11) is 2.11. The van der Waals surface area contributed by atoms with Crippen LogP contribution < -0.4 is 0 Å². The first-order chi connectivity index (χ1) is 6.20. The van der Waals surface area contributed by atoms with E-state index in [-0.39, 0.29) is 6.10 Å². The van der Waals surface area contributed by atoms with Crippen LogP contribution >= 0.6 is 0 Å². The largest absolute Gasteiger partial charge is 0.393 e. The minimum Gasteiger partial charge on any atom is -0.393 e. The molecule has 1 aliphatic rings. The van der Waals surface area contributed by atoms with Crippen molar-refractivity contribution in [3.63, 3.8) is 0 Å². The van der Waals surface area contributed by atoms with Crippen molar-refractivity contribution in [2.24, 2.45) is 0 Å². The summed E-state index contributed by atoms with van der Waals surface area (Å²) >= 11 is 0. The van der Waals surface area contributed by atoms with Gasteiger partial charge in [0.25, 0.3) is 0 Å². The van der Waals surface area contributed by atoms with E-state index in [1.165, 1.54) is 12.8 Å². The van der Waals surface area contributed by atoms with Crippen molar-refractivity contribution in [2.75, 3.05) is 26.8 Å². The molecule has 2 unspecified atom stereocenters. The molecule has 1 aliphatic heterocycles. The van der Waals surface area contributed by atoms with E-state index in [1.54, 1.807) is 0 Å². The lowest BCUT2D eigenvalue weighted by atomic mass is 10.1. The molecular formula is C10H21NO2. The number of ether oxygens (including phenoxy) is 1. The van der Waals surface area contributed by atoms with Gasteiger partial charge < -0.3 is 14.7 Å². The highest BCUT2D eigenvalue weighted by molar-refractivity contribution is 4.72. The Morgan fingerprint density at radius 3 is 2.92 bits per heavy atom. The summed E-state index contributed by atoms with van der Waals surface area (Å²) in [5, 5.41) is 9.14. The zero-order chi connectivity index (χ0) is 9.68. The van der Waals surface area contributed by atoms with Gasteiger partial charge in [0.1, 0.15) is 0 Å². The van der Waals surface area contributed by atoms with E-state index in [9.17, 15) is 0 Å². The van der Waals surface area contributed by atoms with Crippen molar-refractivity contribution in [1.82, 2.24) is 4.90 Å². The standard InChI is InChI=1S/C10H21NO2/c1-9(12)5-6-11(2)10-4-3-7-13-8-10/h9-10,12H,3-8H2,1-2H3. The van der Waals surface area contributed by atoms with Crippen molar-refractivity contribution >= 4 is 0 Å². The van der Waals surface area contributed by atoms with Gasteiger partial charge in [-0.3, -0.25) is 0 Å². The molecule has 0 spiro atoms. The fourth-order valence-corrected chi connectivity index (χ4v) is 1.64. The zero-order valence-corrected chi connectivity index (χ0v) is 8.70. The molecule has 0 aromatic heterocycles. The Labute approximate surface area is 80.7 Å². The van der Waals surface area contributed by atoms with Crippen molar-refractivity contribution in [2.45, 2.75) is 38.3 Å². The number of hydrogen-bond acceptors (Lipinski definition) is 3. The third-order valence-electron chi connectivity index (χ3n) is 2.66. The van der Waals surface area contributed by atoms with Crippen LogP contribution in [-0.4, -0.2) is 49.0 Å². The Morgan fingerprint density at radius 1 is 1.62 bits per heavy atom. The Kier molecular flexibility index (Phi) is 4.70. The summed E-state index contributed by atoms with van der Waals surface area (Å²) in [6.07, 6.45) is 3.07. The number of nitrogens with zero attached hydrogens (tertiary/aromatic N) is 1. The molecule has 1 N–H and O–H groups in total. The first-order valence-electron chi connectivity index (χ1n) is 5.16. The highest BCUT2D eigenvalue weighted by atomic mass is 16.5. The van der Waals surface area contributed by atoms with Crippen LogP contribution in [0.3, 0.4) is 0 Å². The second kappa shape index (κ2) is 5.58. The maximum absolute atomic E-state index is 9.14. The normalized spacial score (nSPS) is 26.3. The predicted octanol–water partition coefficient (Wildman–Crippen LogP) is 0.868. The SMILES string of the molecule is CC(O)CCN(C)C1CCCOC1. The molecule has 0 bridgehead atoms. The van der Waals surface area contributed by atoms with E-state index in [0.29, 0.717) is 6.04 Å². The van der Waals surface area contributed by atoms with E-state index in [1.807, 2.05) is 6.92 Å². The lowest BCUT2D eigenvalue weighted by Crippen LogP contribution is -2.39. The summed E-state index contributed by atoms with van der Waals surface area (Å²) in [6, 6.07) is 0.562. The molecule has 13 heavy (non-hydrogen) atoms. The molecule has 1 fully saturated rings. The molecule has 0 aromatic rings. The van der Waals surface area contributed by atoms with E-state index in [0.717, 1.165) is 26.2 Å². The van der Waals surface area contributed by atoms with Gasteiger partial charge in [0, 0.05) is 19.2 Å². The number of hydrogen-bond donors (Lipinski definition) is 1. The molecule has 78 valence electrons. The maximum atomic E-state index is 9.14. The number of rotatable bonds is 4. The van der Waals surface area contributed by atoms with Gasteiger partial charge >= 0.3 is 0 Å². The molecule has 0 aliphatic carbocycles. The Morgan fingerprint density at radius 2 is 2.38 bits per heavy atom. The van der Waals surface area contributed by atoms with Crippen molar-refractivity contribution < 1.29 is 9.84 Å². The molecular weight excluding hydrogens is 166 g/mol. The van der Waals surface area contributed by atoms with Crippen LogP contribution in [0.2, 0.25) is 0 Å². The summed E-state index contributed by atoms with van der Waals surface area (Å²) in [6.45, 7) is 4.58. The Bertz CT molecular complexity index is 133. The predicted molar refractivity (Wildman–Crippen MR) is 52.8 cm³/mol. The minimum absolute atomic E-state index is 0.188. The van der Waals surface area contributed by atoms with Crippen LogP contribution in [0.25, 0.3) is 0 Å². The quantitative estimate of drug-likeness (QED) is 0.709. The van der Waals surface area contributed by atoms with E-state index >= 15 is 0 Å². The first-order valence-corrected chi connectivity index (χ1v) is 5.16. The van der Waals surface area contributed by atoms with Crippen LogP contribution in [0.1, 0.15) is 26.2 Å². The maximum Gasteiger partial charge on any atom is 0.0621 e. The van der Waals surface area contributed by atoms with Crippen molar-refractivity contribution in [3.05, 3.63) is 0 Å². The minimum atomic E-state index is -0.188. The van der Waals surface area contributed by atoms with Crippen LogP contribution in [-0.2, 0) is 4.74 Å². The highest BCUT2D eigenvalue weighted by Gasteiger charge is 2.18. The van der Waals surface area contributed by atoms with Gasteiger partial charge in [-0.2, -0.15) is 0 Å². The molecule has 0 amide bonds. The van der Waals surface area contributed by atoms with E-state index in [2.05, 4.69) is 11.9 Å². The number of aliphatic hydroxyl groups excluding tert-OH is 1. The van der Waals surface area contributed by atoms with Gasteiger partial charge in [-0.25, -0.2) is 0 Å². The fourth-order valence-electron chi connectivity index (χ4n) is 1.64. The Hall–Kier alpha value is -0.120. The molecule has 2 atom stereocenters. The van der Waals surface area contributed by atoms with Gasteiger partial charge in [0.2, 0.25) is 0 Å². The fraction of sp³-hybridized carbons (Fsp3) is 1.00. The highest BCUT2D eigenvalue weighted by Crippen LogP contribution is 2.12. The van der Waals surface area contributed by atoms with Gasteiger partial charge in [-0.05, 0) is 33.2 Å². The zero-order valence-electron chi connectivity index (χ0n) is 8.70. The lowest BCUT2D eigenvalue weighted by molar-refractivity contribution is 0.0233. The molecule has 0 aromatic carbocycles. The molecule has 0 radical (unpaired) electrons. The molecule has 1 saturated heterocycles. The van der Waals surface area contributed by atoms with Gasteiger partial charge in [0.15, 0.2) is 0 Å². The smallest absolute Gasteiger partial charge is 0.0621 e. The second-order valence-corrected chi connectivity index (χ2v) is 3.99. The first kappa shape index (κ1) is 11.0. The van der Waals surface area contributed by atoms with Crippen LogP contribution in [0.15, 0.2) is 0 Å². The molecule has 3 heteroatoms. The Balaban J connectivity index is 2.17. The third-order valence-corrected chi connectivity index (χ3v) is 2.66. The van der Waals surface area contributed by atoms with Crippen molar-refractivity contribution in [1.29, 1.82) is 0 Å².